The highest BCUT2D eigenvalue weighted by Gasteiger charge is 2.24. The van der Waals surface area contributed by atoms with Gasteiger partial charge in [-0.05, 0) is 37.8 Å². The number of hydrogen-bond donors (Lipinski definition) is 1. The molecule has 0 bridgehead atoms. The van der Waals surface area contributed by atoms with Gasteiger partial charge in [-0.15, -0.1) is 0 Å². The highest BCUT2D eigenvalue weighted by atomic mass is 19.1. The van der Waals surface area contributed by atoms with Crippen molar-refractivity contribution in [2.75, 3.05) is 0 Å². The molecule has 0 aliphatic heterocycles. The Balaban J connectivity index is 2.72. The molecule has 0 aliphatic rings. The van der Waals surface area contributed by atoms with Crippen LogP contribution in [0.3, 0.4) is 0 Å². The van der Waals surface area contributed by atoms with Crippen LogP contribution in [0.25, 0.3) is 0 Å². The zero-order valence-corrected chi connectivity index (χ0v) is 9.50. The highest BCUT2D eigenvalue weighted by Crippen LogP contribution is 2.25. The van der Waals surface area contributed by atoms with Crippen LogP contribution in [0, 0.1) is 11.7 Å². The number of aromatic nitrogens is 1. The summed E-state index contributed by atoms with van der Waals surface area (Å²) in [7, 11) is 0. The summed E-state index contributed by atoms with van der Waals surface area (Å²) < 4.78 is 12.6. The summed E-state index contributed by atoms with van der Waals surface area (Å²) in [5, 5.41) is 10.1. The molecule has 0 saturated carbocycles. The molecular weight excluding hydrogens is 193 g/mol. The summed E-state index contributed by atoms with van der Waals surface area (Å²) in [6, 6.07) is 2.86. The van der Waals surface area contributed by atoms with E-state index in [2.05, 4.69) is 18.8 Å². The van der Waals surface area contributed by atoms with Gasteiger partial charge in [0.05, 0.1) is 11.9 Å². The van der Waals surface area contributed by atoms with E-state index in [1.807, 2.05) is 0 Å². The molecule has 2 nitrogen and oxygen atoms in total. The summed E-state index contributed by atoms with van der Waals surface area (Å²) in [6.45, 7) is 5.93. The Morgan fingerprint density at radius 2 is 2.13 bits per heavy atom. The topological polar surface area (TPSA) is 33.1 Å². The SMILES string of the molecule is CC(C)CCC(C)(O)c1ccc(F)cn1. The minimum absolute atomic E-state index is 0.376. The number of aliphatic hydroxyl groups is 1. The second-order valence-corrected chi connectivity index (χ2v) is 4.57. The van der Waals surface area contributed by atoms with Gasteiger partial charge in [-0.2, -0.15) is 0 Å². The highest BCUT2D eigenvalue weighted by molar-refractivity contribution is 5.12. The van der Waals surface area contributed by atoms with Crippen LogP contribution in [0.5, 0.6) is 0 Å². The fourth-order valence-corrected chi connectivity index (χ4v) is 1.39. The van der Waals surface area contributed by atoms with Crippen LogP contribution in [0.2, 0.25) is 0 Å². The number of nitrogens with zero attached hydrogens (tertiary/aromatic N) is 1. The molecule has 1 unspecified atom stereocenters. The van der Waals surface area contributed by atoms with Gasteiger partial charge in [0, 0.05) is 0 Å². The van der Waals surface area contributed by atoms with Gasteiger partial charge in [0.15, 0.2) is 0 Å². The standard InChI is InChI=1S/C12H18FNO/c1-9(2)6-7-12(3,15)11-5-4-10(13)8-14-11/h4-5,8-9,15H,6-7H2,1-3H3. The van der Waals surface area contributed by atoms with Gasteiger partial charge in [0.2, 0.25) is 0 Å². The molecule has 0 aromatic carbocycles. The third-order valence-electron chi connectivity index (χ3n) is 2.49. The van der Waals surface area contributed by atoms with E-state index in [-0.39, 0.29) is 5.82 Å². The Morgan fingerprint density at radius 3 is 2.60 bits per heavy atom. The smallest absolute Gasteiger partial charge is 0.141 e. The summed E-state index contributed by atoms with van der Waals surface area (Å²) in [5.41, 5.74) is -0.428. The Morgan fingerprint density at radius 1 is 1.47 bits per heavy atom. The molecule has 3 heteroatoms. The Hall–Kier alpha value is -0.960. The van der Waals surface area contributed by atoms with E-state index in [4.69, 9.17) is 0 Å². The first-order valence-corrected chi connectivity index (χ1v) is 5.26. The summed E-state index contributed by atoms with van der Waals surface area (Å²) in [4.78, 5) is 3.90. The zero-order valence-electron chi connectivity index (χ0n) is 9.50. The molecule has 0 radical (unpaired) electrons. The first-order valence-electron chi connectivity index (χ1n) is 5.26. The van der Waals surface area contributed by atoms with E-state index in [1.165, 1.54) is 12.1 Å². The lowest BCUT2D eigenvalue weighted by atomic mass is 9.92. The molecule has 1 rings (SSSR count). The molecule has 1 aromatic rings. The predicted molar refractivity (Wildman–Crippen MR) is 57.8 cm³/mol. The van der Waals surface area contributed by atoms with E-state index in [0.717, 1.165) is 12.6 Å². The quantitative estimate of drug-likeness (QED) is 0.830. The van der Waals surface area contributed by atoms with Crippen molar-refractivity contribution in [1.82, 2.24) is 4.98 Å². The van der Waals surface area contributed by atoms with Crippen LogP contribution in [0.1, 0.15) is 39.3 Å². The first-order chi connectivity index (χ1) is 6.92. The number of pyridine rings is 1. The second-order valence-electron chi connectivity index (χ2n) is 4.57. The van der Waals surface area contributed by atoms with Crippen molar-refractivity contribution in [3.8, 4) is 0 Å². The molecule has 1 aromatic heterocycles. The summed E-state index contributed by atoms with van der Waals surface area (Å²) >= 11 is 0. The van der Waals surface area contributed by atoms with Gasteiger partial charge in [-0.1, -0.05) is 13.8 Å². The van der Waals surface area contributed by atoms with E-state index >= 15 is 0 Å². The summed E-state index contributed by atoms with van der Waals surface area (Å²) in [6.07, 6.45) is 2.70. The molecule has 1 atom stereocenters. The van der Waals surface area contributed by atoms with Crippen LogP contribution >= 0.6 is 0 Å². The predicted octanol–water partition coefficient (Wildman–Crippen LogP) is 2.86. The van der Waals surface area contributed by atoms with E-state index < -0.39 is 5.60 Å². The number of rotatable bonds is 4. The Bertz CT molecular complexity index is 306. The molecular formula is C12H18FNO. The molecule has 0 spiro atoms. The van der Waals surface area contributed by atoms with Gasteiger partial charge in [0.25, 0.3) is 0 Å². The van der Waals surface area contributed by atoms with Gasteiger partial charge in [-0.25, -0.2) is 4.39 Å². The van der Waals surface area contributed by atoms with Crippen LogP contribution in [0.15, 0.2) is 18.3 Å². The van der Waals surface area contributed by atoms with E-state index in [0.29, 0.717) is 18.0 Å². The second kappa shape index (κ2) is 4.71. The minimum Gasteiger partial charge on any atom is -0.384 e. The first kappa shape index (κ1) is 12.1. The minimum atomic E-state index is -0.960. The van der Waals surface area contributed by atoms with Crippen molar-refractivity contribution in [2.24, 2.45) is 5.92 Å². The van der Waals surface area contributed by atoms with Crippen LogP contribution in [-0.2, 0) is 5.60 Å². The van der Waals surface area contributed by atoms with Crippen molar-refractivity contribution in [1.29, 1.82) is 0 Å². The average Bonchev–Trinajstić information content (AvgIpc) is 2.16. The molecule has 84 valence electrons. The maximum absolute atomic E-state index is 12.6. The lowest BCUT2D eigenvalue weighted by Crippen LogP contribution is -2.23. The zero-order chi connectivity index (χ0) is 11.5. The normalized spacial score (nSPS) is 15.3. The Kier molecular flexibility index (Phi) is 3.80. The van der Waals surface area contributed by atoms with Gasteiger partial charge in [-0.3, -0.25) is 4.98 Å². The monoisotopic (exact) mass is 211 g/mol. The maximum Gasteiger partial charge on any atom is 0.141 e. The van der Waals surface area contributed by atoms with Gasteiger partial charge in [0.1, 0.15) is 11.4 Å². The van der Waals surface area contributed by atoms with Gasteiger partial charge >= 0.3 is 0 Å². The number of hydrogen-bond acceptors (Lipinski definition) is 2. The van der Waals surface area contributed by atoms with E-state index in [9.17, 15) is 9.50 Å². The van der Waals surface area contributed by atoms with Gasteiger partial charge < -0.3 is 5.11 Å². The fraction of sp³-hybridized carbons (Fsp3) is 0.583. The molecule has 1 N–H and O–H groups in total. The van der Waals surface area contributed by atoms with Crippen molar-refractivity contribution in [3.05, 3.63) is 29.8 Å². The summed E-state index contributed by atoms with van der Waals surface area (Å²) in [5.74, 6) is 0.162. The number of halogens is 1. The molecule has 0 aliphatic carbocycles. The molecule has 0 amide bonds. The third-order valence-corrected chi connectivity index (χ3v) is 2.49. The fourth-order valence-electron chi connectivity index (χ4n) is 1.39. The Labute approximate surface area is 90.2 Å². The van der Waals surface area contributed by atoms with Crippen molar-refractivity contribution in [3.63, 3.8) is 0 Å². The lowest BCUT2D eigenvalue weighted by Gasteiger charge is -2.23. The van der Waals surface area contributed by atoms with E-state index in [1.54, 1.807) is 6.92 Å². The molecule has 1 heterocycles. The van der Waals surface area contributed by atoms with Crippen LogP contribution in [0.4, 0.5) is 4.39 Å². The largest absolute Gasteiger partial charge is 0.384 e. The third kappa shape index (κ3) is 3.59. The van der Waals surface area contributed by atoms with Crippen molar-refractivity contribution < 1.29 is 9.50 Å². The van der Waals surface area contributed by atoms with Crippen LogP contribution < -0.4 is 0 Å². The van der Waals surface area contributed by atoms with Crippen molar-refractivity contribution >= 4 is 0 Å². The molecule has 15 heavy (non-hydrogen) atoms. The van der Waals surface area contributed by atoms with Crippen LogP contribution in [-0.4, -0.2) is 10.1 Å². The maximum atomic E-state index is 12.6. The molecule has 0 fully saturated rings. The lowest BCUT2D eigenvalue weighted by molar-refractivity contribution is 0.0375. The average molecular weight is 211 g/mol. The van der Waals surface area contributed by atoms with Crippen molar-refractivity contribution in [2.45, 2.75) is 39.2 Å². The molecule has 0 saturated heterocycles.